The van der Waals surface area contributed by atoms with Gasteiger partial charge in [-0.15, -0.1) is 0 Å². The molecular weight excluding hydrogens is 452 g/mol. The molecule has 0 radical (unpaired) electrons. The third-order valence-corrected chi connectivity index (χ3v) is 9.19. The molecule has 2 aliphatic rings. The number of carboxylic acids is 1. The number of aliphatic carboxylic acids is 1. The summed E-state index contributed by atoms with van der Waals surface area (Å²) in [5, 5.41) is 22.3. The smallest absolute Gasteiger partial charge is 0.310 e. The molecule has 2 N–H and O–H groups in total. The predicted octanol–water partition coefficient (Wildman–Crippen LogP) is 7.44. The molecule has 1 spiro atoms. The highest BCUT2D eigenvalue weighted by molar-refractivity contribution is 5.77. The van der Waals surface area contributed by atoms with E-state index in [1.807, 2.05) is 13.8 Å². The van der Waals surface area contributed by atoms with Crippen LogP contribution in [0.2, 0.25) is 0 Å². The van der Waals surface area contributed by atoms with Crippen LogP contribution in [0.4, 0.5) is 0 Å². The maximum Gasteiger partial charge on any atom is 0.310 e. The Balaban J connectivity index is 2.42. The fourth-order valence-electron chi connectivity index (χ4n) is 7.19. The van der Waals surface area contributed by atoms with E-state index in [0.717, 1.165) is 53.5 Å². The van der Waals surface area contributed by atoms with Gasteiger partial charge in [-0.1, -0.05) is 54.9 Å². The molecule has 36 heavy (non-hydrogen) atoms. The van der Waals surface area contributed by atoms with Gasteiger partial charge in [-0.3, -0.25) is 4.79 Å². The second kappa shape index (κ2) is 9.31. The zero-order valence-electron chi connectivity index (χ0n) is 24.6. The number of hydrogen-bond donors (Lipinski definition) is 2. The molecule has 1 saturated heterocycles. The zero-order valence-corrected chi connectivity index (χ0v) is 24.6. The average molecular weight is 503 g/mol. The molecule has 5 heteroatoms. The maximum absolute atomic E-state index is 13.0. The molecule has 5 nitrogen and oxygen atoms in total. The van der Waals surface area contributed by atoms with Crippen LogP contribution in [0.5, 0.6) is 5.75 Å². The van der Waals surface area contributed by atoms with Gasteiger partial charge in [0, 0.05) is 29.4 Å². The molecule has 0 aromatic heterocycles. The first-order chi connectivity index (χ1) is 16.3. The minimum absolute atomic E-state index is 0.327. The Morgan fingerprint density at radius 1 is 0.833 bits per heavy atom. The van der Waals surface area contributed by atoms with E-state index in [9.17, 15) is 15.0 Å². The number of hydrogen-bond acceptors (Lipinski definition) is 4. The van der Waals surface area contributed by atoms with Crippen LogP contribution in [0.15, 0.2) is 0 Å². The molecule has 0 bridgehead atoms. The van der Waals surface area contributed by atoms with E-state index in [1.165, 1.54) is 6.42 Å². The number of carbonyl (C=O) groups is 1. The van der Waals surface area contributed by atoms with Gasteiger partial charge in [-0.05, 0) is 74.5 Å². The van der Waals surface area contributed by atoms with Gasteiger partial charge >= 0.3 is 5.97 Å². The van der Waals surface area contributed by atoms with Crippen molar-refractivity contribution < 1.29 is 24.5 Å². The average Bonchev–Trinajstić information content (AvgIpc) is 2.71. The first-order valence-corrected chi connectivity index (χ1v) is 13.7. The summed E-state index contributed by atoms with van der Waals surface area (Å²) in [7, 11) is 0. The molecule has 2 fully saturated rings. The summed E-state index contributed by atoms with van der Waals surface area (Å²) in [6.45, 7) is 23.1. The van der Waals surface area contributed by atoms with Gasteiger partial charge in [-0.2, -0.15) is 0 Å². The summed E-state index contributed by atoms with van der Waals surface area (Å²) in [6, 6.07) is 0. The summed E-state index contributed by atoms with van der Waals surface area (Å²) >= 11 is 0. The topological polar surface area (TPSA) is 76.0 Å². The van der Waals surface area contributed by atoms with Crippen molar-refractivity contribution in [2.45, 2.75) is 143 Å². The van der Waals surface area contributed by atoms with E-state index >= 15 is 0 Å². The van der Waals surface area contributed by atoms with Crippen molar-refractivity contribution in [1.82, 2.24) is 0 Å². The molecule has 2 unspecified atom stereocenters. The van der Waals surface area contributed by atoms with Gasteiger partial charge in [-0.25, -0.2) is 0 Å². The van der Waals surface area contributed by atoms with E-state index in [2.05, 4.69) is 62.3 Å². The van der Waals surface area contributed by atoms with E-state index in [0.29, 0.717) is 18.8 Å². The molecule has 1 aliphatic heterocycles. The summed E-state index contributed by atoms with van der Waals surface area (Å²) in [5.74, 6) is -1.14. The van der Waals surface area contributed by atoms with Gasteiger partial charge < -0.3 is 19.7 Å². The Labute approximate surface area is 219 Å². The highest BCUT2D eigenvalue weighted by atomic mass is 16.7. The minimum Gasteiger partial charge on any atom is -0.507 e. The largest absolute Gasteiger partial charge is 0.507 e. The number of rotatable bonds is 4. The van der Waals surface area contributed by atoms with Crippen molar-refractivity contribution >= 4 is 5.97 Å². The second-order valence-electron chi connectivity index (χ2n) is 14.1. The van der Waals surface area contributed by atoms with Crippen LogP contribution in [-0.2, 0) is 30.5 Å². The summed E-state index contributed by atoms with van der Waals surface area (Å²) < 4.78 is 13.2. The number of aromatic hydroxyl groups is 1. The molecule has 204 valence electrons. The lowest BCUT2D eigenvalue weighted by atomic mass is 9.55. The van der Waals surface area contributed by atoms with Crippen LogP contribution < -0.4 is 0 Å². The van der Waals surface area contributed by atoms with Crippen LogP contribution >= 0.6 is 0 Å². The molecule has 1 aromatic rings. The number of benzene rings is 1. The maximum atomic E-state index is 13.0. The molecule has 1 aromatic carbocycles. The number of phenols is 1. The summed E-state index contributed by atoms with van der Waals surface area (Å²) in [5.41, 5.74) is 2.06. The van der Waals surface area contributed by atoms with E-state index in [1.54, 1.807) is 0 Å². The van der Waals surface area contributed by atoms with Gasteiger partial charge in [0.25, 0.3) is 0 Å². The van der Waals surface area contributed by atoms with Crippen molar-refractivity contribution in [3.63, 3.8) is 0 Å². The molecular formula is C31H50O5. The Hall–Kier alpha value is -1.59. The van der Waals surface area contributed by atoms with E-state index in [4.69, 9.17) is 9.47 Å². The normalized spacial score (nSPS) is 22.9. The van der Waals surface area contributed by atoms with Crippen LogP contribution in [0.25, 0.3) is 0 Å². The Morgan fingerprint density at radius 3 is 1.72 bits per heavy atom. The lowest BCUT2D eigenvalue weighted by molar-refractivity contribution is -0.320. The van der Waals surface area contributed by atoms with Crippen LogP contribution in [-0.4, -0.2) is 34.7 Å². The number of carboxylic acid groups (broad SMARTS) is 1. The molecule has 1 heterocycles. The highest BCUT2D eigenvalue weighted by Gasteiger charge is 2.58. The van der Waals surface area contributed by atoms with E-state index < -0.39 is 22.6 Å². The predicted molar refractivity (Wildman–Crippen MR) is 145 cm³/mol. The number of ether oxygens (including phenoxy) is 2. The lowest BCUT2D eigenvalue weighted by Crippen LogP contribution is -2.59. The lowest BCUT2D eigenvalue weighted by Gasteiger charge is -2.54. The van der Waals surface area contributed by atoms with Gasteiger partial charge in [0.1, 0.15) is 5.75 Å². The van der Waals surface area contributed by atoms with Gasteiger partial charge in [0.15, 0.2) is 5.79 Å². The van der Waals surface area contributed by atoms with Crippen molar-refractivity contribution in [3.8, 4) is 5.75 Å². The standard InChI is InChI=1S/C31H50O5/c1-19-22(20(2)24(28(6,7)8)25(32)23(19)27(3,4)5)30(11,29(9,10)26(33)34)21-15-18-35-31(36-21)16-13-12-14-17-31/h21,32H,12-18H2,1-11H3,(H,33,34). The Bertz CT molecular complexity index is 955. The molecule has 2 atom stereocenters. The van der Waals surface area contributed by atoms with Gasteiger partial charge in [0.2, 0.25) is 0 Å². The fraction of sp³-hybridized carbons (Fsp3) is 0.774. The third-order valence-electron chi connectivity index (χ3n) is 9.19. The van der Waals surface area contributed by atoms with Crippen LogP contribution in [0, 0.1) is 19.3 Å². The van der Waals surface area contributed by atoms with Crippen molar-refractivity contribution in [2.75, 3.05) is 6.61 Å². The van der Waals surface area contributed by atoms with Crippen LogP contribution in [0.1, 0.15) is 129 Å². The van der Waals surface area contributed by atoms with Crippen molar-refractivity contribution in [2.24, 2.45) is 5.41 Å². The second-order valence-corrected chi connectivity index (χ2v) is 14.1. The molecule has 1 saturated carbocycles. The monoisotopic (exact) mass is 502 g/mol. The number of phenolic OH excluding ortho intramolecular Hbond substituents is 1. The fourth-order valence-corrected chi connectivity index (χ4v) is 7.19. The third kappa shape index (κ3) is 4.60. The zero-order chi connectivity index (χ0) is 27.5. The molecule has 0 amide bonds. The minimum atomic E-state index is -1.14. The Kier molecular flexibility index (Phi) is 7.49. The van der Waals surface area contributed by atoms with Crippen molar-refractivity contribution in [3.05, 3.63) is 27.8 Å². The van der Waals surface area contributed by atoms with Crippen molar-refractivity contribution in [1.29, 1.82) is 0 Å². The van der Waals surface area contributed by atoms with Crippen LogP contribution in [0.3, 0.4) is 0 Å². The molecule has 1 aliphatic carbocycles. The SMILES string of the molecule is Cc1c(C(C)(C)C)c(O)c(C(C)(C)C)c(C)c1C(C)(C1CCOC2(CCCCC2)O1)C(C)(C)C(=O)O. The first-order valence-electron chi connectivity index (χ1n) is 13.7. The first kappa shape index (κ1) is 29.0. The highest BCUT2D eigenvalue weighted by Crippen LogP contribution is 2.56. The van der Waals surface area contributed by atoms with Gasteiger partial charge in [0.05, 0.1) is 18.1 Å². The quantitative estimate of drug-likeness (QED) is 0.447. The summed E-state index contributed by atoms with van der Waals surface area (Å²) in [6.07, 6.45) is 5.29. The summed E-state index contributed by atoms with van der Waals surface area (Å²) in [4.78, 5) is 13.0. The van der Waals surface area contributed by atoms with E-state index in [-0.39, 0.29) is 16.9 Å². The molecule has 3 rings (SSSR count). The Morgan fingerprint density at radius 2 is 1.31 bits per heavy atom.